The molecule has 3 aromatic rings. The van der Waals surface area contributed by atoms with Crippen LogP contribution in [0.1, 0.15) is 23.6 Å². The molecule has 0 unspecified atom stereocenters. The minimum Gasteiger partial charge on any atom is -0.462 e. The number of hydrogen-bond acceptors (Lipinski definition) is 7. The number of fused-ring (bicyclic) bond motifs is 1. The molecule has 0 amide bonds. The van der Waals surface area contributed by atoms with Gasteiger partial charge in [-0.25, -0.2) is 9.48 Å². The van der Waals surface area contributed by atoms with E-state index in [-0.39, 0.29) is 27.3 Å². The standard InChI is InChI=1S/C14H13Cl3N2O2.C12H10Cl4O2.C4H10N2O/c1-8-6-9(11(16)7-10(8)15)12-13(17)18-2-4-21-5-3-19(18)14(12)20;1-3-18-12(17)10(11(15)16)7-4-6(2)8(13)5-9(7)14;1-3-7-4-2-6-5-1/h6-7H,2-5H2,1H3;4-5H,3H2,1-2H3;5-6H,1-4H2. The fraction of sp³-hybridized carbons (Fsp3) is 0.400. The third-order valence-electron chi connectivity index (χ3n) is 6.64. The number of hydrogen-bond donors (Lipinski definition) is 2. The maximum absolute atomic E-state index is 12.6. The minimum absolute atomic E-state index is 0.0324. The topological polar surface area (TPSA) is 95.7 Å². The molecule has 2 aromatic carbocycles. The number of ether oxygens (including phenoxy) is 3. The van der Waals surface area contributed by atoms with Crippen LogP contribution in [0.2, 0.25) is 25.2 Å². The van der Waals surface area contributed by atoms with Crippen molar-refractivity contribution in [1.82, 2.24) is 20.2 Å². The van der Waals surface area contributed by atoms with E-state index in [0.717, 1.165) is 37.4 Å². The van der Waals surface area contributed by atoms with Gasteiger partial charge in [-0.2, -0.15) is 0 Å². The summed E-state index contributed by atoms with van der Waals surface area (Å²) >= 11 is 42.1. The molecule has 0 saturated carbocycles. The second kappa shape index (κ2) is 18.9. The van der Waals surface area contributed by atoms with Crippen molar-refractivity contribution >= 4 is 92.7 Å². The Balaban J connectivity index is 0.000000209. The molecular formula is C30H33Cl7N4O5. The Hall–Kier alpha value is -1.47. The number of rotatable bonds is 4. The summed E-state index contributed by atoms with van der Waals surface area (Å²) in [5, 5.41) is 2.15. The number of carbonyl (C=O) groups is 1. The van der Waals surface area contributed by atoms with Gasteiger partial charge < -0.3 is 14.2 Å². The van der Waals surface area contributed by atoms with Crippen molar-refractivity contribution in [2.45, 2.75) is 33.9 Å². The van der Waals surface area contributed by atoms with E-state index in [1.807, 2.05) is 6.92 Å². The van der Waals surface area contributed by atoms with Gasteiger partial charge in [-0.15, -0.1) is 0 Å². The predicted molar refractivity (Wildman–Crippen MR) is 188 cm³/mol. The summed E-state index contributed by atoms with van der Waals surface area (Å²) in [6.07, 6.45) is 0. The highest BCUT2D eigenvalue weighted by molar-refractivity contribution is 6.61. The molecule has 9 nitrogen and oxygen atoms in total. The number of hydrazine groups is 1. The number of aromatic nitrogens is 2. The Labute approximate surface area is 302 Å². The number of nitrogens with zero attached hydrogens (tertiary/aromatic N) is 2. The molecule has 1 aromatic heterocycles. The summed E-state index contributed by atoms with van der Waals surface area (Å²) < 4.78 is 18.5. The number of nitrogens with one attached hydrogen (secondary N) is 2. The molecule has 1 saturated heterocycles. The van der Waals surface area contributed by atoms with Gasteiger partial charge in [0, 0.05) is 34.3 Å². The van der Waals surface area contributed by atoms with Gasteiger partial charge in [0.1, 0.15) is 9.64 Å². The number of carbonyl (C=O) groups excluding carboxylic acids is 1. The highest BCUT2D eigenvalue weighted by Gasteiger charge is 2.24. The molecule has 252 valence electrons. The van der Waals surface area contributed by atoms with Gasteiger partial charge >= 0.3 is 5.97 Å². The van der Waals surface area contributed by atoms with Gasteiger partial charge in [-0.3, -0.25) is 20.3 Å². The first-order valence-electron chi connectivity index (χ1n) is 14.1. The lowest BCUT2D eigenvalue weighted by molar-refractivity contribution is -0.136. The van der Waals surface area contributed by atoms with Crippen molar-refractivity contribution in [1.29, 1.82) is 0 Å². The van der Waals surface area contributed by atoms with E-state index in [9.17, 15) is 9.59 Å². The second-order valence-electron chi connectivity index (χ2n) is 9.81. The van der Waals surface area contributed by atoms with E-state index in [1.165, 1.54) is 6.07 Å². The third kappa shape index (κ3) is 10.3. The average molecular weight is 778 g/mol. The maximum Gasteiger partial charge on any atom is 0.341 e. The molecule has 3 heterocycles. The molecule has 0 aliphatic carbocycles. The van der Waals surface area contributed by atoms with Gasteiger partial charge in [0.15, 0.2) is 0 Å². The number of halogens is 7. The highest BCUT2D eigenvalue weighted by Crippen LogP contribution is 2.36. The molecule has 2 aliphatic rings. The summed E-state index contributed by atoms with van der Waals surface area (Å²) in [5.74, 6) is -0.624. The predicted octanol–water partition coefficient (Wildman–Crippen LogP) is 7.74. The smallest absolute Gasteiger partial charge is 0.341 e. The minimum atomic E-state index is -0.624. The van der Waals surface area contributed by atoms with Crippen LogP contribution in [-0.2, 0) is 32.1 Å². The molecule has 1 fully saturated rings. The van der Waals surface area contributed by atoms with Crippen LogP contribution in [-0.4, -0.2) is 61.5 Å². The number of aryl methyl sites for hydroxylation is 2. The van der Waals surface area contributed by atoms with Gasteiger partial charge in [0.2, 0.25) is 0 Å². The van der Waals surface area contributed by atoms with E-state index in [1.54, 1.807) is 41.4 Å². The molecule has 0 atom stereocenters. The summed E-state index contributed by atoms with van der Waals surface area (Å²) in [7, 11) is 0. The van der Waals surface area contributed by atoms with Crippen molar-refractivity contribution in [3.8, 4) is 11.1 Å². The first-order chi connectivity index (χ1) is 21.9. The van der Waals surface area contributed by atoms with Gasteiger partial charge in [0.25, 0.3) is 5.56 Å². The zero-order valence-corrected chi connectivity index (χ0v) is 30.5. The molecule has 46 heavy (non-hydrogen) atoms. The molecule has 16 heteroatoms. The molecule has 5 rings (SSSR count). The molecule has 0 radical (unpaired) electrons. The van der Waals surface area contributed by atoms with Gasteiger partial charge in [0.05, 0.1) is 67.3 Å². The van der Waals surface area contributed by atoms with Crippen LogP contribution in [0, 0.1) is 13.8 Å². The molecule has 2 aliphatic heterocycles. The average Bonchev–Trinajstić information content (AvgIpc) is 3.34. The lowest BCUT2D eigenvalue weighted by Crippen LogP contribution is -2.32. The Morgan fingerprint density at radius 2 is 1.35 bits per heavy atom. The van der Waals surface area contributed by atoms with Gasteiger partial charge in [-0.05, 0) is 56.2 Å². The lowest BCUT2D eigenvalue weighted by atomic mass is 10.0. The van der Waals surface area contributed by atoms with Crippen molar-refractivity contribution in [3.05, 3.63) is 81.0 Å². The SMILES string of the molecule is C1COCCNN1.CCOC(=O)C(=C(Cl)Cl)c1cc(C)c(Cl)cc1Cl.Cc1cc(-c2c(Cl)n3n(c2=O)CCOCC3)c(Cl)cc1Cl. The zero-order chi connectivity index (χ0) is 34.0. The molecule has 0 bridgehead atoms. The van der Waals surface area contributed by atoms with Crippen LogP contribution in [0.4, 0.5) is 0 Å². The number of esters is 1. The lowest BCUT2D eigenvalue weighted by Gasteiger charge is -2.11. The quantitative estimate of drug-likeness (QED) is 0.207. The van der Waals surface area contributed by atoms with Crippen LogP contribution < -0.4 is 16.4 Å². The Morgan fingerprint density at radius 3 is 1.93 bits per heavy atom. The Morgan fingerprint density at radius 1 is 0.804 bits per heavy atom. The Kier molecular flexibility index (Phi) is 16.0. The van der Waals surface area contributed by atoms with Crippen LogP contribution >= 0.6 is 81.2 Å². The van der Waals surface area contributed by atoms with E-state index in [2.05, 4.69) is 10.9 Å². The van der Waals surface area contributed by atoms with Crippen molar-refractivity contribution in [3.63, 3.8) is 0 Å². The third-order valence-corrected chi connectivity index (χ3v) is 8.84. The molecular weight excluding hydrogens is 745 g/mol. The van der Waals surface area contributed by atoms with E-state index in [4.69, 9.17) is 95.4 Å². The van der Waals surface area contributed by atoms with Crippen molar-refractivity contribution < 1.29 is 19.0 Å². The summed E-state index contributed by atoms with van der Waals surface area (Å²) in [6, 6.07) is 6.61. The zero-order valence-electron chi connectivity index (χ0n) is 25.3. The fourth-order valence-electron chi connectivity index (χ4n) is 4.35. The Bertz CT molecular complexity index is 1600. The van der Waals surface area contributed by atoms with Crippen molar-refractivity contribution in [2.75, 3.05) is 46.1 Å². The first kappa shape index (κ1) is 39.0. The normalized spacial score (nSPS) is 14.4. The van der Waals surface area contributed by atoms with Crippen LogP contribution in [0.15, 0.2) is 33.6 Å². The van der Waals surface area contributed by atoms with E-state index >= 15 is 0 Å². The summed E-state index contributed by atoms with van der Waals surface area (Å²) in [5.41, 5.74) is 8.86. The highest BCUT2D eigenvalue weighted by atomic mass is 35.5. The van der Waals surface area contributed by atoms with Crippen LogP contribution in [0.3, 0.4) is 0 Å². The summed E-state index contributed by atoms with van der Waals surface area (Å²) in [4.78, 5) is 24.4. The van der Waals surface area contributed by atoms with E-state index in [0.29, 0.717) is 63.2 Å². The summed E-state index contributed by atoms with van der Waals surface area (Å²) in [6.45, 7) is 11.1. The first-order valence-corrected chi connectivity index (χ1v) is 16.8. The molecule has 2 N–H and O–H groups in total. The van der Waals surface area contributed by atoms with Gasteiger partial charge in [-0.1, -0.05) is 81.2 Å². The largest absolute Gasteiger partial charge is 0.462 e. The van der Waals surface area contributed by atoms with Crippen LogP contribution in [0.25, 0.3) is 16.7 Å². The number of benzene rings is 2. The van der Waals surface area contributed by atoms with Crippen LogP contribution in [0.5, 0.6) is 0 Å². The monoisotopic (exact) mass is 774 g/mol. The second-order valence-corrected chi connectivity index (χ2v) is 12.8. The van der Waals surface area contributed by atoms with E-state index < -0.39 is 5.97 Å². The fourth-order valence-corrected chi connectivity index (χ4v) is 6.02. The molecule has 0 spiro atoms. The van der Waals surface area contributed by atoms with Crippen molar-refractivity contribution in [2.24, 2.45) is 0 Å². The maximum atomic E-state index is 12.6.